The summed E-state index contributed by atoms with van der Waals surface area (Å²) in [7, 11) is 0. The average molecular weight is 144 g/mol. The van der Waals surface area contributed by atoms with E-state index in [1.165, 1.54) is 0 Å². The zero-order valence-electron chi connectivity index (χ0n) is 6.64. The molecule has 0 N–H and O–H groups in total. The van der Waals surface area contributed by atoms with Crippen molar-refractivity contribution in [3.63, 3.8) is 0 Å². The minimum atomic E-state index is 0.282. The lowest BCUT2D eigenvalue weighted by atomic mass is 10.5. The number of rotatable bonds is 0. The molecule has 3 heteroatoms. The Bertz CT molecular complexity index is 258. The van der Waals surface area contributed by atoms with Crippen molar-refractivity contribution < 1.29 is 12.2 Å². The van der Waals surface area contributed by atoms with Crippen molar-refractivity contribution in [1.29, 1.82) is 0 Å². The molecule has 0 saturated heterocycles. The van der Waals surface area contributed by atoms with Gasteiger partial charge in [0.15, 0.2) is 11.5 Å². The molecule has 1 aromatic heterocycles. The summed E-state index contributed by atoms with van der Waals surface area (Å²) in [5.74, 6) is 0.873. The summed E-state index contributed by atoms with van der Waals surface area (Å²) in [5, 5.41) is 0.564. The van der Waals surface area contributed by atoms with Crippen molar-refractivity contribution in [1.82, 2.24) is 0 Å². The molecular formula is C6H6O2S. The summed E-state index contributed by atoms with van der Waals surface area (Å²) in [5.41, 5.74) is 0. The van der Waals surface area contributed by atoms with Crippen LogP contribution in [0.25, 0.3) is 0 Å². The van der Waals surface area contributed by atoms with Gasteiger partial charge in [0.2, 0.25) is 0 Å². The molecular weight excluding hydrogens is 136 g/mol. The van der Waals surface area contributed by atoms with E-state index in [4.69, 9.17) is 12.2 Å². The van der Waals surface area contributed by atoms with Crippen molar-refractivity contribution in [3.8, 4) is 11.5 Å². The zero-order chi connectivity index (χ0) is 7.84. The third kappa shape index (κ3) is 0.772. The fourth-order valence-corrected chi connectivity index (χ4v) is 1.23. The summed E-state index contributed by atoms with van der Waals surface area (Å²) in [6.07, 6.45) is 0. The molecule has 48 valence electrons. The lowest BCUT2D eigenvalue weighted by Gasteiger charge is -2.13. The second-order valence-corrected chi connectivity index (χ2v) is 2.27. The van der Waals surface area contributed by atoms with Gasteiger partial charge in [-0.15, -0.1) is 11.3 Å². The number of fused-ring (bicyclic) bond motifs is 1. The average Bonchev–Trinajstić information content (AvgIpc) is 2.30. The van der Waals surface area contributed by atoms with Crippen LogP contribution in [0.2, 0.25) is 0 Å². The van der Waals surface area contributed by atoms with Crippen LogP contribution in [0.15, 0.2) is 10.7 Å². The minimum absolute atomic E-state index is 0.282. The molecule has 1 aliphatic rings. The van der Waals surface area contributed by atoms with E-state index in [-0.39, 0.29) is 10.7 Å². The van der Waals surface area contributed by atoms with Crippen molar-refractivity contribution in [2.75, 3.05) is 13.2 Å². The van der Waals surface area contributed by atoms with Gasteiger partial charge in [-0.1, -0.05) is 0 Å². The first-order chi connectivity index (χ1) is 5.29. The van der Waals surface area contributed by atoms with Crippen molar-refractivity contribution >= 4 is 11.3 Å². The topological polar surface area (TPSA) is 18.5 Å². The molecule has 0 amide bonds. The highest BCUT2D eigenvalue weighted by Gasteiger charge is 2.10. The van der Waals surface area contributed by atoms with Crippen LogP contribution in [-0.2, 0) is 0 Å². The maximum absolute atomic E-state index is 7.36. The molecule has 0 bridgehead atoms. The second-order valence-electron chi connectivity index (χ2n) is 1.66. The maximum atomic E-state index is 7.36. The van der Waals surface area contributed by atoms with Crippen LogP contribution in [-0.4, -0.2) is 13.2 Å². The molecule has 0 radical (unpaired) electrons. The van der Waals surface area contributed by atoms with E-state index in [9.17, 15) is 0 Å². The van der Waals surface area contributed by atoms with E-state index in [0.717, 1.165) is 11.3 Å². The van der Waals surface area contributed by atoms with Crippen molar-refractivity contribution in [3.05, 3.63) is 10.7 Å². The number of thiophene rings is 1. The summed E-state index contributed by atoms with van der Waals surface area (Å²) >= 11 is 1.07. The molecule has 2 nitrogen and oxygen atoms in total. The molecule has 2 heterocycles. The summed E-state index contributed by atoms with van der Waals surface area (Å²) in [6.45, 7) is 0.962. The quantitative estimate of drug-likeness (QED) is 0.549. The highest BCUT2D eigenvalue weighted by atomic mass is 32.1. The minimum Gasteiger partial charge on any atom is -0.485 e. The monoisotopic (exact) mass is 144 g/mol. The normalized spacial score (nSPS) is 18.7. The van der Waals surface area contributed by atoms with Crippen LogP contribution in [0.3, 0.4) is 0 Å². The first-order valence-electron chi connectivity index (χ1n) is 3.64. The molecule has 0 saturated carbocycles. The summed E-state index contributed by atoms with van der Waals surface area (Å²) in [6, 6.07) is 0. The fourth-order valence-electron chi connectivity index (χ4n) is 0.688. The predicted molar refractivity (Wildman–Crippen MR) is 35.3 cm³/mol. The lowest BCUT2D eigenvalue weighted by molar-refractivity contribution is 0.173. The van der Waals surface area contributed by atoms with Gasteiger partial charge in [-0.2, -0.15) is 0 Å². The second kappa shape index (κ2) is 1.92. The molecule has 0 spiro atoms. The molecule has 1 aromatic rings. The molecule has 1 aliphatic heterocycles. The van der Waals surface area contributed by atoms with E-state index in [1.54, 1.807) is 0 Å². The van der Waals surface area contributed by atoms with E-state index in [2.05, 4.69) is 0 Å². The molecule has 0 unspecified atom stereocenters. The smallest absolute Gasteiger partial charge is 0.172 e. The van der Waals surface area contributed by atoms with Gasteiger partial charge in [0.1, 0.15) is 13.2 Å². The number of ether oxygens (including phenoxy) is 2. The molecule has 0 aromatic carbocycles. The van der Waals surface area contributed by atoms with Crippen LogP contribution in [0.4, 0.5) is 0 Å². The Morgan fingerprint density at radius 3 is 2.44 bits per heavy atom. The number of hydrogen-bond acceptors (Lipinski definition) is 3. The largest absolute Gasteiger partial charge is 0.485 e. The Morgan fingerprint density at radius 2 is 1.89 bits per heavy atom. The Morgan fingerprint density at radius 1 is 1.33 bits per heavy atom. The van der Waals surface area contributed by atoms with Crippen molar-refractivity contribution in [2.45, 2.75) is 0 Å². The van der Waals surface area contributed by atoms with E-state index in [0.29, 0.717) is 24.7 Å². The SMILES string of the molecule is [2H]c1sc([2H])c2c1OCCO2. The highest BCUT2D eigenvalue weighted by Crippen LogP contribution is 2.33. The lowest BCUT2D eigenvalue weighted by Crippen LogP contribution is -2.13. The predicted octanol–water partition coefficient (Wildman–Crippen LogP) is 1.52. The summed E-state index contributed by atoms with van der Waals surface area (Å²) in [4.78, 5) is 0. The zero-order valence-corrected chi connectivity index (χ0v) is 5.46. The van der Waals surface area contributed by atoms with Gasteiger partial charge in [0, 0.05) is 10.7 Å². The standard InChI is InChI=1S/C6H6O2S/c1-2-8-6-4-9-3-5(6)7-1/h3-4H,1-2H2/i3D,4D. The maximum Gasteiger partial charge on any atom is 0.172 e. The third-order valence-electron chi connectivity index (χ3n) is 1.07. The Labute approximate surface area is 59.8 Å². The van der Waals surface area contributed by atoms with Crippen LogP contribution in [0.1, 0.15) is 2.74 Å². The first kappa shape index (κ1) is 3.46. The van der Waals surface area contributed by atoms with Gasteiger partial charge in [-0.3, -0.25) is 0 Å². The number of hydrogen-bond donors (Lipinski definition) is 0. The van der Waals surface area contributed by atoms with Gasteiger partial charge in [0.05, 0.1) is 2.74 Å². The van der Waals surface area contributed by atoms with Gasteiger partial charge in [0.25, 0.3) is 0 Å². The van der Waals surface area contributed by atoms with E-state index < -0.39 is 0 Å². The molecule has 0 fully saturated rings. The van der Waals surface area contributed by atoms with Crippen molar-refractivity contribution in [2.24, 2.45) is 0 Å². The van der Waals surface area contributed by atoms with Gasteiger partial charge >= 0.3 is 0 Å². The van der Waals surface area contributed by atoms with Gasteiger partial charge in [-0.25, -0.2) is 0 Å². The first-order valence-corrected chi connectivity index (χ1v) is 3.46. The fraction of sp³-hybridized carbons (Fsp3) is 0.333. The molecule has 9 heavy (non-hydrogen) atoms. The molecule has 2 rings (SSSR count). The van der Waals surface area contributed by atoms with E-state index >= 15 is 0 Å². The van der Waals surface area contributed by atoms with Crippen LogP contribution >= 0.6 is 11.3 Å². The molecule has 0 atom stereocenters. The van der Waals surface area contributed by atoms with Crippen LogP contribution in [0.5, 0.6) is 11.5 Å². The Kier molecular flexibility index (Phi) is 0.737. The van der Waals surface area contributed by atoms with E-state index in [1.807, 2.05) is 0 Å². The molecule has 0 aliphatic carbocycles. The third-order valence-corrected chi connectivity index (χ3v) is 1.64. The van der Waals surface area contributed by atoms with Gasteiger partial charge < -0.3 is 9.47 Å². The van der Waals surface area contributed by atoms with Crippen LogP contribution < -0.4 is 9.47 Å². The highest BCUT2D eigenvalue weighted by molar-refractivity contribution is 7.08. The Hall–Kier alpha value is -0.700. The Balaban J connectivity index is 2.52. The van der Waals surface area contributed by atoms with Crippen LogP contribution in [0, 0.1) is 0 Å². The van der Waals surface area contributed by atoms with Gasteiger partial charge in [-0.05, 0) is 0 Å². The summed E-state index contributed by atoms with van der Waals surface area (Å²) < 4.78 is 25.0.